The van der Waals surface area contributed by atoms with Crippen LogP contribution in [0.5, 0.6) is 17.2 Å². The van der Waals surface area contributed by atoms with Crippen LogP contribution in [-0.2, 0) is 26.2 Å². The van der Waals surface area contributed by atoms with Crippen molar-refractivity contribution in [2.45, 2.75) is 64.6 Å². The maximum Gasteiger partial charge on any atom is 0.264 e. The molecule has 11 heteroatoms. The van der Waals surface area contributed by atoms with E-state index in [1.54, 1.807) is 31.2 Å². The minimum atomic E-state index is -4.31. The first-order valence-electron chi connectivity index (χ1n) is 14.6. The van der Waals surface area contributed by atoms with Gasteiger partial charge in [0.1, 0.15) is 18.3 Å². The van der Waals surface area contributed by atoms with Crippen LogP contribution in [0, 0.1) is 6.92 Å². The summed E-state index contributed by atoms with van der Waals surface area (Å²) in [5.41, 5.74) is 2.05. The highest BCUT2D eigenvalue weighted by Gasteiger charge is 2.33. The third-order valence-corrected chi connectivity index (χ3v) is 9.20. The summed E-state index contributed by atoms with van der Waals surface area (Å²) in [4.78, 5) is 28.8. The number of rotatable bonds is 15. The van der Waals surface area contributed by atoms with Gasteiger partial charge >= 0.3 is 0 Å². The minimum absolute atomic E-state index is 0.0915. The lowest BCUT2D eigenvalue weighted by Gasteiger charge is -2.33. The Morgan fingerprint density at radius 3 is 2.16 bits per heavy atom. The number of nitrogens with zero attached hydrogens (tertiary/aromatic N) is 2. The van der Waals surface area contributed by atoms with Gasteiger partial charge in [0.15, 0.2) is 11.5 Å². The predicted octanol–water partition coefficient (Wildman–Crippen LogP) is 4.94. The van der Waals surface area contributed by atoms with E-state index in [1.807, 2.05) is 52.0 Å². The summed E-state index contributed by atoms with van der Waals surface area (Å²) < 4.78 is 45.7. The number of methoxy groups -OCH3 is 2. The molecule has 0 radical (unpaired) electrons. The fourth-order valence-electron chi connectivity index (χ4n) is 4.53. The predicted molar refractivity (Wildman–Crippen MR) is 171 cm³/mol. The second-order valence-electron chi connectivity index (χ2n) is 10.4. The Labute approximate surface area is 261 Å². The number of hydrogen-bond donors (Lipinski definition) is 1. The van der Waals surface area contributed by atoms with Crippen LogP contribution >= 0.6 is 0 Å². The molecule has 0 bridgehead atoms. The molecule has 0 aromatic heterocycles. The van der Waals surface area contributed by atoms with E-state index in [1.165, 1.54) is 37.3 Å². The van der Waals surface area contributed by atoms with Gasteiger partial charge < -0.3 is 24.4 Å². The Kier molecular flexibility index (Phi) is 12.0. The quantitative estimate of drug-likeness (QED) is 0.255. The van der Waals surface area contributed by atoms with Crippen molar-refractivity contribution < 1.29 is 32.2 Å². The highest BCUT2D eigenvalue weighted by Crippen LogP contribution is 2.33. The molecule has 238 valence electrons. The number of anilines is 1. The summed E-state index contributed by atoms with van der Waals surface area (Å²) in [7, 11) is -1.44. The van der Waals surface area contributed by atoms with Crippen LogP contribution in [0.4, 0.5) is 5.69 Å². The molecule has 0 aliphatic heterocycles. The molecule has 44 heavy (non-hydrogen) atoms. The van der Waals surface area contributed by atoms with Gasteiger partial charge in [0.05, 0.1) is 31.4 Å². The van der Waals surface area contributed by atoms with Gasteiger partial charge in [-0.3, -0.25) is 13.9 Å². The highest BCUT2D eigenvalue weighted by atomic mass is 32.2. The van der Waals surface area contributed by atoms with Crippen LogP contribution in [0.2, 0.25) is 0 Å². The number of hydrogen-bond acceptors (Lipinski definition) is 7. The maximum atomic E-state index is 14.2. The molecule has 3 aromatic carbocycles. The van der Waals surface area contributed by atoms with E-state index in [0.29, 0.717) is 18.1 Å². The summed E-state index contributed by atoms with van der Waals surface area (Å²) >= 11 is 0. The Morgan fingerprint density at radius 1 is 0.909 bits per heavy atom. The summed E-state index contributed by atoms with van der Waals surface area (Å²) in [6.45, 7) is 9.28. The maximum absolute atomic E-state index is 14.2. The van der Waals surface area contributed by atoms with Crippen molar-refractivity contribution in [3.63, 3.8) is 0 Å². The van der Waals surface area contributed by atoms with Crippen LogP contribution in [0.1, 0.15) is 45.2 Å². The molecule has 1 N–H and O–H groups in total. The van der Waals surface area contributed by atoms with Crippen molar-refractivity contribution in [1.29, 1.82) is 0 Å². The van der Waals surface area contributed by atoms with E-state index >= 15 is 0 Å². The third-order valence-electron chi connectivity index (χ3n) is 7.43. The first-order valence-corrected chi connectivity index (χ1v) is 16.0. The van der Waals surface area contributed by atoms with E-state index in [9.17, 15) is 18.0 Å². The number of carbonyl (C=O) groups is 2. The third kappa shape index (κ3) is 8.22. The Bertz CT molecular complexity index is 1530. The molecular weight excluding hydrogens is 582 g/mol. The van der Waals surface area contributed by atoms with Crippen molar-refractivity contribution in [3.8, 4) is 17.2 Å². The Morgan fingerprint density at radius 2 is 1.57 bits per heavy atom. The standard InChI is InChI=1S/C33H43N3O7S/c1-8-24(4)34-33(38)25(5)35(21-26-13-11-10-12-23(26)3)32(37)22-36(27-14-16-28(17-15-27)43-9-2)44(39,40)29-18-19-30(41-6)31(20-29)42-7/h10-20,24-25H,8-9,21-22H2,1-7H3,(H,34,38)/t24-,25+/m0/s1. The second-order valence-corrected chi connectivity index (χ2v) is 12.3. The summed E-state index contributed by atoms with van der Waals surface area (Å²) in [5, 5.41) is 2.94. The average molecular weight is 626 g/mol. The molecule has 0 aliphatic carbocycles. The normalized spacial score (nSPS) is 12.5. The van der Waals surface area contributed by atoms with Crippen molar-refractivity contribution in [2.75, 3.05) is 31.7 Å². The van der Waals surface area contributed by atoms with E-state index in [4.69, 9.17) is 14.2 Å². The number of nitrogens with one attached hydrogen (secondary N) is 1. The SMILES string of the molecule is CCOc1ccc(N(CC(=O)N(Cc2ccccc2C)[C@H](C)C(=O)N[C@@H](C)CC)S(=O)(=O)c2ccc(OC)c(OC)c2)cc1. The molecule has 0 saturated carbocycles. The molecule has 0 saturated heterocycles. The van der Waals surface area contributed by atoms with Crippen LogP contribution in [-0.4, -0.2) is 64.6 Å². The van der Waals surface area contributed by atoms with Gasteiger partial charge in [-0.05, 0) is 81.6 Å². The largest absolute Gasteiger partial charge is 0.494 e. The van der Waals surface area contributed by atoms with E-state index in [0.717, 1.165) is 21.9 Å². The number of carbonyl (C=O) groups excluding carboxylic acids is 2. The van der Waals surface area contributed by atoms with Crippen LogP contribution in [0.25, 0.3) is 0 Å². The number of aryl methyl sites for hydroxylation is 1. The van der Waals surface area contributed by atoms with Gasteiger partial charge in [0, 0.05) is 18.7 Å². The van der Waals surface area contributed by atoms with Crippen molar-refractivity contribution in [1.82, 2.24) is 10.2 Å². The number of amides is 2. The molecule has 2 atom stereocenters. The topological polar surface area (TPSA) is 114 Å². The summed E-state index contributed by atoms with van der Waals surface area (Å²) in [6, 6.07) is 17.3. The number of benzene rings is 3. The summed E-state index contributed by atoms with van der Waals surface area (Å²) in [5.74, 6) is 0.279. The van der Waals surface area contributed by atoms with Gasteiger partial charge in [0.25, 0.3) is 10.0 Å². The van der Waals surface area contributed by atoms with Gasteiger partial charge in [-0.1, -0.05) is 31.2 Å². The van der Waals surface area contributed by atoms with Crippen LogP contribution in [0.3, 0.4) is 0 Å². The first-order chi connectivity index (χ1) is 21.0. The Hall–Kier alpha value is -4.25. The first kappa shape index (κ1) is 34.2. The van der Waals surface area contributed by atoms with Crippen molar-refractivity contribution in [2.24, 2.45) is 0 Å². The molecule has 3 rings (SSSR count). The van der Waals surface area contributed by atoms with Gasteiger partial charge in [0.2, 0.25) is 11.8 Å². The molecule has 0 aliphatic rings. The summed E-state index contributed by atoms with van der Waals surface area (Å²) in [6.07, 6.45) is 0.722. The zero-order valence-corrected chi connectivity index (χ0v) is 27.3. The molecule has 3 aromatic rings. The van der Waals surface area contributed by atoms with E-state index in [-0.39, 0.29) is 34.8 Å². The minimum Gasteiger partial charge on any atom is -0.494 e. The zero-order chi connectivity index (χ0) is 32.4. The van der Waals surface area contributed by atoms with E-state index in [2.05, 4.69) is 5.32 Å². The van der Waals surface area contributed by atoms with E-state index < -0.39 is 28.5 Å². The number of sulfonamides is 1. The zero-order valence-electron chi connectivity index (χ0n) is 26.5. The van der Waals surface area contributed by atoms with Gasteiger partial charge in [-0.15, -0.1) is 0 Å². The molecular formula is C33H43N3O7S. The number of ether oxygens (including phenoxy) is 3. The molecule has 10 nitrogen and oxygen atoms in total. The fourth-order valence-corrected chi connectivity index (χ4v) is 5.96. The second kappa shape index (κ2) is 15.5. The van der Waals surface area contributed by atoms with Crippen molar-refractivity contribution >= 4 is 27.5 Å². The average Bonchev–Trinajstić information content (AvgIpc) is 3.02. The van der Waals surface area contributed by atoms with Crippen molar-refractivity contribution in [3.05, 3.63) is 77.9 Å². The molecule has 0 fully saturated rings. The van der Waals surface area contributed by atoms with Gasteiger partial charge in [-0.25, -0.2) is 8.42 Å². The lowest BCUT2D eigenvalue weighted by atomic mass is 10.1. The van der Waals surface area contributed by atoms with Crippen LogP contribution in [0.15, 0.2) is 71.6 Å². The van der Waals surface area contributed by atoms with Crippen LogP contribution < -0.4 is 23.8 Å². The fraction of sp³-hybridized carbons (Fsp3) is 0.394. The van der Waals surface area contributed by atoms with Gasteiger partial charge in [-0.2, -0.15) is 0 Å². The lowest BCUT2D eigenvalue weighted by Crippen LogP contribution is -2.52. The molecule has 0 unspecified atom stereocenters. The molecule has 0 heterocycles. The smallest absolute Gasteiger partial charge is 0.264 e. The highest BCUT2D eigenvalue weighted by molar-refractivity contribution is 7.92. The molecule has 0 spiro atoms. The Balaban J connectivity index is 2.09. The molecule has 2 amide bonds. The lowest BCUT2D eigenvalue weighted by molar-refractivity contribution is -0.139. The monoisotopic (exact) mass is 625 g/mol.